The summed E-state index contributed by atoms with van der Waals surface area (Å²) in [5.74, 6) is 1.49. The van der Waals surface area contributed by atoms with E-state index in [4.69, 9.17) is 15.2 Å². The third-order valence-corrected chi connectivity index (χ3v) is 3.90. The molecule has 1 atom stereocenters. The number of benzene rings is 1. The smallest absolute Gasteiger partial charge is 0.260 e. The lowest BCUT2D eigenvalue weighted by molar-refractivity contribution is -0.132. The summed E-state index contributed by atoms with van der Waals surface area (Å²) in [7, 11) is 0. The summed E-state index contributed by atoms with van der Waals surface area (Å²) in [6.07, 6.45) is 0.957. The Morgan fingerprint density at radius 3 is 2.36 bits per heavy atom. The van der Waals surface area contributed by atoms with Gasteiger partial charge < -0.3 is 20.1 Å². The zero-order valence-electron chi connectivity index (χ0n) is 13.2. The fourth-order valence-corrected chi connectivity index (χ4v) is 2.44. The highest BCUT2D eigenvalue weighted by molar-refractivity contribution is 5.85. The van der Waals surface area contributed by atoms with Crippen molar-refractivity contribution in [2.45, 2.75) is 20.3 Å². The Hall–Kier alpha value is -1.46. The van der Waals surface area contributed by atoms with Gasteiger partial charge in [0.25, 0.3) is 5.91 Å². The average Bonchev–Trinajstić information content (AvgIpc) is 2.90. The van der Waals surface area contributed by atoms with E-state index < -0.39 is 0 Å². The molecule has 0 bridgehead atoms. The number of carbonyl (C=O) groups excluding carboxylic acids is 1. The number of amides is 1. The lowest BCUT2D eigenvalue weighted by atomic mass is 9.90. The largest absolute Gasteiger partial charge is 0.494 e. The second kappa shape index (κ2) is 8.25. The van der Waals surface area contributed by atoms with E-state index in [1.54, 1.807) is 0 Å². The minimum atomic E-state index is 0. The molecule has 1 aromatic rings. The number of ether oxygens (including phenoxy) is 2. The molecule has 124 valence electrons. The van der Waals surface area contributed by atoms with E-state index >= 15 is 0 Å². The maximum Gasteiger partial charge on any atom is 0.260 e. The van der Waals surface area contributed by atoms with Crippen LogP contribution in [-0.2, 0) is 4.79 Å². The van der Waals surface area contributed by atoms with Crippen molar-refractivity contribution in [3.05, 3.63) is 24.3 Å². The summed E-state index contributed by atoms with van der Waals surface area (Å²) in [4.78, 5) is 14.0. The van der Waals surface area contributed by atoms with Crippen molar-refractivity contribution in [3.63, 3.8) is 0 Å². The topological polar surface area (TPSA) is 64.8 Å². The molecule has 0 aliphatic carbocycles. The third kappa shape index (κ3) is 4.78. The summed E-state index contributed by atoms with van der Waals surface area (Å²) in [5.41, 5.74) is 5.80. The number of nitrogens with zero attached hydrogens (tertiary/aromatic N) is 1. The average molecular weight is 329 g/mol. The molecular weight excluding hydrogens is 304 g/mol. The van der Waals surface area contributed by atoms with Crippen LogP contribution in [0.15, 0.2) is 24.3 Å². The molecule has 2 N–H and O–H groups in total. The van der Waals surface area contributed by atoms with Gasteiger partial charge in [0.2, 0.25) is 0 Å². The number of hydrogen-bond acceptors (Lipinski definition) is 4. The normalized spacial score (nSPS) is 20.4. The van der Waals surface area contributed by atoms with E-state index in [0.29, 0.717) is 18.9 Å². The van der Waals surface area contributed by atoms with Crippen LogP contribution in [0.3, 0.4) is 0 Å². The van der Waals surface area contributed by atoms with Crippen molar-refractivity contribution in [2.75, 3.05) is 32.8 Å². The van der Waals surface area contributed by atoms with Gasteiger partial charge in [-0.05, 0) is 49.6 Å². The summed E-state index contributed by atoms with van der Waals surface area (Å²) in [6, 6.07) is 7.30. The van der Waals surface area contributed by atoms with Crippen LogP contribution in [0, 0.1) is 5.41 Å². The van der Waals surface area contributed by atoms with Gasteiger partial charge >= 0.3 is 0 Å². The van der Waals surface area contributed by atoms with Crippen LogP contribution in [0.1, 0.15) is 20.3 Å². The molecule has 0 radical (unpaired) electrons. The minimum absolute atomic E-state index is 0. The number of likely N-dealkylation sites (tertiary alicyclic amines) is 1. The summed E-state index contributed by atoms with van der Waals surface area (Å²) >= 11 is 0. The van der Waals surface area contributed by atoms with E-state index in [-0.39, 0.29) is 30.3 Å². The van der Waals surface area contributed by atoms with Gasteiger partial charge in [0.15, 0.2) is 6.61 Å². The Labute approximate surface area is 138 Å². The highest BCUT2D eigenvalue weighted by Crippen LogP contribution is 2.28. The van der Waals surface area contributed by atoms with Crippen LogP contribution in [0.25, 0.3) is 0 Å². The fraction of sp³-hybridized carbons (Fsp3) is 0.562. The van der Waals surface area contributed by atoms with Gasteiger partial charge in [0.1, 0.15) is 11.5 Å². The lowest BCUT2D eigenvalue weighted by Crippen LogP contribution is -2.36. The maximum absolute atomic E-state index is 12.1. The molecular formula is C16H25ClN2O3. The van der Waals surface area contributed by atoms with E-state index in [1.807, 2.05) is 36.1 Å². The molecule has 22 heavy (non-hydrogen) atoms. The van der Waals surface area contributed by atoms with Gasteiger partial charge in [-0.1, -0.05) is 6.92 Å². The van der Waals surface area contributed by atoms with Crippen LogP contribution >= 0.6 is 12.4 Å². The van der Waals surface area contributed by atoms with Crippen molar-refractivity contribution in [1.82, 2.24) is 4.90 Å². The summed E-state index contributed by atoms with van der Waals surface area (Å²) in [5, 5.41) is 0. The summed E-state index contributed by atoms with van der Waals surface area (Å²) < 4.78 is 10.9. The predicted octanol–water partition coefficient (Wildman–Crippen LogP) is 2.08. The minimum Gasteiger partial charge on any atom is -0.494 e. The van der Waals surface area contributed by atoms with E-state index in [0.717, 1.165) is 25.3 Å². The number of hydrogen-bond donors (Lipinski definition) is 1. The van der Waals surface area contributed by atoms with Crippen molar-refractivity contribution in [2.24, 2.45) is 11.1 Å². The van der Waals surface area contributed by atoms with Gasteiger partial charge in [0, 0.05) is 13.1 Å². The second-order valence-electron chi connectivity index (χ2n) is 5.77. The van der Waals surface area contributed by atoms with Gasteiger partial charge in [-0.25, -0.2) is 0 Å². The number of halogens is 1. The number of nitrogens with two attached hydrogens (primary N) is 1. The molecule has 6 heteroatoms. The Kier molecular flexibility index (Phi) is 6.97. The molecule has 1 aromatic carbocycles. The van der Waals surface area contributed by atoms with E-state index in [1.165, 1.54) is 0 Å². The first-order valence-corrected chi connectivity index (χ1v) is 7.40. The molecule has 1 amide bonds. The summed E-state index contributed by atoms with van der Waals surface area (Å²) in [6.45, 7) is 6.84. The van der Waals surface area contributed by atoms with Crippen molar-refractivity contribution in [3.8, 4) is 11.5 Å². The molecule has 2 rings (SSSR count). The standard InChI is InChI=1S/C16H24N2O3.ClH/c1-3-20-13-4-6-14(7-5-13)21-10-15(19)18-9-8-16(2,11-17)12-18;/h4-7H,3,8-12,17H2,1-2H3;1H. The third-order valence-electron chi connectivity index (χ3n) is 3.90. The van der Waals surface area contributed by atoms with Crippen LogP contribution in [-0.4, -0.2) is 43.7 Å². The van der Waals surface area contributed by atoms with Gasteiger partial charge in [-0.3, -0.25) is 4.79 Å². The number of rotatable bonds is 6. The monoisotopic (exact) mass is 328 g/mol. The number of carbonyl (C=O) groups is 1. The highest BCUT2D eigenvalue weighted by Gasteiger charge is 2.34. The fourth-order valence-electron chi connectivity index (χ4n) is 2.44. The molecule has 1 unspecified atom stereocenters. The first kappa shape index (κ1) is 18.6. The Morgan fingerprint density at radius 1 is 1.27 bits per heavy atom. The highest BCUT2D eigenvalue weighted by atomic mass is 35.5. The van der Waals surface area contributed by atoms with Gasteiger partial charge in [0.05, 0.1) is 6.61 Å². The molecule has 1 fully saturated rings. The molecule has 1 saturated heterocycles. The molecule has 1 heterocycles. The van der Waals surface area contributed by atoms with Crippen LogP contribution in [0.4, 0.5) is 0 Å². The second-order valence-corrected chi connectivity index (χ2v) is 5.77. The Morgan fingerprint density at radius 2 is 1.86 bits per heavy atom. The predicted molar refractivity (Wildman–Crippen MR) is 88.7 cm³/mol. The van der Waals surface area contributed by atoms with Crippen LogP contribution in [0.5, 0.6) is 11.5 Å². The first-order valence-electron chi connectivity index (χ1n) is 7.40. The van der Waals surface area contributed by atoms with Gasteiger partial charge in [-0.15, -0.1) is 12.4 Å². The SMILES string of the molecule is CCOc1ccc(OCC(=O)N2CCC(C)(CN)C2)cc1.Cl. The zero-order valence-corrected chi connectivity index (χ0v) is 14.0. The molecule has 0 spiro atoms. The van der Waals surface area contributed by atoms with Crippen LogP contribution < -0.4 is 15.2 Å². The molecule has 0 aromatic heterocycles. The molecule has 5 nitrogen and oxygen atoms in total. The van der Waals surface area contributed by atoms with E-state index in [9.17, 15) is 4.79 Å². The van der Waals surface area contributed by atoms with Gasteiger partial charge in [-0.2, -0.15) is 0 Å². The zero-order chi connectivity index (χ0) is 15.3. The molecule has 1 aliphatic heterocycles. The quantitative estimate of drug-likeness (QED) is 0.868. The van der Waals surface area contributed by atoms with Crippen molar-refractivity contribution in [1.29, 1.82) is 0 Å². The van der Waals surface area contributed by atoms with E-state index in [2.05, 4.69) is 6.92 Å². The lowest BCUT2D eigenvalue weighted by Gasteiger charge is -2.22. The molecule has 1 aliphatic rings. The van der Waals surface area contributed by atoms with Crippen LogP contribution in [0.2, 0.25) is 0 Å². The first-order chi connectivity index (χ1) is 10.1. The Balaban J connectivity index is 0.00000242. The molecule has 0 saturated carbocycles. The van der Waals surface area contributed by atoms with Crippen molar-refractivity contribution >= 4 is 18.3 Å². The Bertz CT molecular complexity index is 481. The maximum atomic E-state index is 12.1. The van der Waals surface area contributed by atoms with Crippen molar-refractivity contribution < 1.29 is 14.3 Å².